The molecule has 0 radical (unpaired) electrons. The van der Waals surface area contributed by atoms with E-state index in [0.717, 1.165) is 29.9 Å². The van der Waals surface area contributed by atoms with Gasteiger partial charge in [-0.1, -0.05) is 30.3 Å². The Morgan fingerprint density at radius 1 is 1.00 bits per heavy atom. The minimum absolute atomic E-state index is 0.375. The maximum Gasteiger partial charge on any atom is 0.0914 e. The summed E-state index contributed by atoms with van der Waals surface area (Å²) in [5.41, 5.74) is 1.58. The van der Waals surface area contributed by atoms with Gasteiger partial charge in [-0.15, -0.1) is 0 Å². The zero-order valence-electron chi connectivity index (χ0n) is 12.8. The average molecular weight is 285 g/mol. The molecule has 4 saturated carbocycles. The van der Waals surface area contributed by atoms with Crippen molar-refractivity contribution in [2.24, 2.45) is 23.2 Å². The molecule has 1 aromatic rings. The standard InChI is InChI=1S/C19H27NO/c21-18(17-4-2-1-3-5-17)12-20-13-19-9-14-6-15(10-19)8-16(7-14)11-19/h1-5,14-16,18,20-21H,6-13H2/t14?,15?,16?,18-,19?/m1/s1. The van der Waals surface area contributed by atoms with Crippen molar-refractivity contribution in [1.29, 1.82) is 0 Å². The van der Waals surface area contributed by atoms with E-state index in [9.17, 15) is 5.11 Å². The van der Waals surface area contributed by atoms with Crippen LogP contribution in [0.5, 0.6) is 0 Å². The first-order valence-electron chi connectivity index (χ1n) is 8.66. The van der Waals surface area contributed by atoms with Gasteiger partial charge in [0.25, 0.3) is 0 Å². The number of aliphatic hydroxyl groups excluding tert-OH is 1. The second-order valence-electron chi connectivity index (χ2n) is 7.97. The van der Waals surface area contributed by atoms with E-state index in [1.807, 2.05) is 30.3 Å². The Balaban J connectivity index is 1.33. The lowest BCUT2D eigenvalue weighted by Crippen LogP contribution is -2.50. The van der Waals surface area contributed by atoms with Gasteiger partial charge in [-0.05, 0) is 67.3 Å². The molecule has 0 spiro atoms. The topological polar surface area (TPSA) is 32.3 Å². The summed E-state index contributed by atoms with van der Waals surface area (Å²) in [4.78, 5) is 0. The van der Waals surface area contributed by atoms with Gasteiger partial charge in [-0.2, -0.15) is 0 Å². The number of rotatable bonds is 5. The van der Waals surface area contributed by atoms with Crippen molar-refractivity contribution in [2.45, 2.75) is 44.6 Å². The van der Waals surface area contributed by atoms with Gasteiger partial charge in [-0.25, -0.2) is 0 Å². The molecule has 5 rings (SSSR count). The van der Waals surface area contributed by atoms with Gasteiger partial charge in [0.05, 0.1) is 6.10 Å². The average Bonchev–Trinajstić information content (AvgIpc) is 2.46. The summed E-state index contributed by atoms with van der Waals surface area (Å²) in [7, 11) is 0. The predicted octanol–water partition coefficient (Wildman–Crippen LogP) is 3.53. The van der Waals surface area contributed by atoms with Gasteiger partial charge >= 0.3 is 0 Å². The SMILES string of the molecule is O[C@H](CNCC12CC3CC(CC(C3)C1)C2)c1ccccc1. The van der Waals surface area contributed by atoms with Crippen molar-refractivity contribution in [2.75, 3.05) is 13.1 Å². The van der Waals surface area contributed by atoms with Crippen LogP contribution in [0.25, 0.3) is 0 Å². The molecular weight excluding hydrogens is 258 g/mol. The fourth-order valence-corrected chi connectivity index (χ4v) is 5.77. The van der Waals surface area contributed by atoms with E-state index in [-0.39, 0.29) is 6.10 Å². The molecule has 1 atom stereocenters. The Hall–Kier alpha value is -0.860. The van der Waals surface area contributed by atoms with Crippen molar-refractivity contribution in [3.05, 3.63) is 35.9 Å². The normalized spacial score (nSPS) is 38.6. The minimum atomic E-state index is -0.375. The quantitative estimate of drug-likeness (QED) is 0.867. The van der Waals surface area contributed by atoms with Crippen LogP contribution in [0.2, 0.25) is 0 Å². The van der Waals surface area contributed by atoms with E-state index in [0.29, 0.717) is 12.0 Å². The van der Waals surface area contributed by atoms with Gasteiger partial charge < -0.3 is 10.4 Å². The summed E-state index contributed by atoms with van der Waals surface area (Å²) in [6, 6.07) is 10.0. The number of aliphatic hydroxyl groups is 1. The van der Waals surface area contributed by atoms with Gasteiger partial charge in [-0.3, -0.25) is 0 Å². The van der Waals surface area contributed by atoms with E-state index in [2.05, 4.69) is 5.32 Å². The van der Waals surface area contributed by atoms with Crippen LogP contribution in [0.15, 0.2) is 30.3 Å². The summed E-state index contributed by atoms with van der Waals surface area (Å²) in [5, 5.41) is 13.9. The number of hydrogen-bond donors (Lipinski definition) is 2. The van der Waals surface area contributed by atoms with Crippen LogP contribution in [-0.4, -0.2) is 18.2 Å². The number of nitrogens with one attached hydrogen (secondary N) is 1. The molecule has 2 N–H and O–H groups in total. The summed E-state index contributed by atoms with van der Waals surface area (Å²) in [6.45, 7) is 1.80. The van der Waals surface area contributed by atoms with Crippen molar-refractivity contribution in [3.63, 3.8) is 0 Å². The highest BCUT2D eigenvalue weighted by Gasteiger charge is 2.50. The van der Waals surface area contributed by atoms with E-state index in [1.54, 1.807) is 0 Å². The molecule has 1 aromatic carbocycles. The minimum Gasteiger partial charge on any atom is -0.387 e. The molecule has 0 heterocycles. The second kappa shape index (κ2) is 5.40. The Morgan fingerprint density at radius 2 is 1.57 bits per heavy atom. The molecule has 0 amide bonds. The van der Waals surface area contributed by atoms with Crippen LogP contribution in [0.4, 0.5) is 0 Å². The van der Waals surface area contributed by atoms with E-state index < -0.39 is 0 Å². The molecule has 0 aromatic heterocycles. The van der Waals surface area contributed by atoms with Crippen molar-refractivity contribution in [3.8, 4) is 0 Å². The third-order valence-electron chi connectivity index (χ3n) is 6.19. The molecule has 4 aliphatic carbocycles. The van der Waals surface area contributed by atoms with Crippen LogP contribution in [0.1, 0.15) is 50.2 Å². The molecule has 4 fully saturated rings. The zero-order valence-corrected chi connectivity index (χ0v) is 12.8. The molecular formula is C19H27NO. The molecule has 2 heteroatoms. The lowest BCUT2D eigenvalue weighted by Gasteiger charge is -2.57. The van der Waals surface area contributed by atoms with Crippen molar-refractivity contribution < 1.29 is 5.11 Å². The van der Waals surface area contributed by atoms with Crippen LogP contribution >= 0.6 is 0 Å². The Labute approximate surface area is 128 Å². The molecule has 114 valence electrons. The van der Waals surface area contributed by atoms with Crippen LogP contribution in [-0.2, 0) is 0 Å². The highest BCUT2D eigenvalue weighted by atomic mass is 16.3. The fourth-order valence-electron chi connectivity index (χ4n) is 5.77. The molecule has 2 nitrogen and oxygen atoms in total. The molecule has 0 unspecified atom stereocenters. The van der Waals surface area contributed by atoms with Crippen LogP contribution in [0.3, 0.4) is 0 Å². The smallest absolute Gasteiger partial charge is 0.0914 e. The number of hydrogen-bond acceptors (Lipinski definition) is 2. The van der Waals surface area contributed by atoms with Crippen LogP contribution in [0, 0.1) is 23.2 Å². The van der Waals surface area contributed by atoms with Gasteiger partial charge in [0.2, 0.25) is 0 Å². The molecule has 21 heavy (non-hydrogen) atoms. The largest absolute Gasteiger partial charge is 0.387 e. The van der Waals surface area contributed by atoms with Gasteiger partial charge in [0.1, 0.15) is 0 Å². The van der Waals surface area contributed by atoms with Gasteiger partial charge in [0.15, 0.2) is 0 Å². The van der Waals surface area contributed by atoms with E-state index in [4.69, 9.17) is 0 Å². The Kier molecular flexibility index (Phi) is 3.55. The third kappa shape index (κ3) is 2.76. The van der Waals surface area contributed by atoms with E-state index in [1.165, 1.54) is 38.5 Å². The maximum atomic E-state index is 10.3. The first-order valence-corrected chi connectivity index (χ1v) is 8.66. The predicted molar refractivity (Wildman–Crippen MR) is 84.9 cm³/mol. The van der Waals surface area contributed by atoms with Crippen molar-refractivity contribution >= 4 is 0 Å². The third-order valence-corrected chi connectivity index (χ3v) is 6.19. The van der Waals surface area contributed by atoms with Crippen molar-refractivity contribution in [1.82, 2.24) is 5.32 Å². The molecule has 0 aliphatic heterocycles. The number of benzene rings is 1. The zero-order chi connectivity index (χ0) is 14.3. The summed E-state index contributed by atoms with van der Waals surface area (Å²) in [6.07, 6.45) is 8.46. The molecule has 0 saturated heterocycles. The molecule has 4 aliphatic rings. The fraction of sp³-hybridized carbons (Fsp3) is 0.684. The monoisotopic (exact) mass is 285 g/mol. The highest BCUT2D eigenvalue weighted by molar-refractivity contribution is 5.17. The van der Waals surface area contributed by atoms with E-state index >= 15 is 0 Å². The Morgan fingerprint density at radius 3 is 2.14 bits per heavy atom. The lowest BCUT2D eigenvalue weighted by atomic mass is 9.49. The molecule has 4 bridgehead atoms. The Bertz CT molecular complexity index is 448. The lowest BCUT2D eigenvalue weighted by molar-refractivity contribution is -0.0521. The summed E-state index contributed by atoms with van der Waals surface area (Å²) < 4.78 is 0. The van der Waals surface area contributed by atoms with Crippen LogP contribution < -0.4 is 5.32 Å². The summed E-state index contributed by atoms with van der Waals surface area (Å²) >= 11 is 0. The first kappa shape index (κ1) is 13.8. The first-order chi connectivity index (χ1) is 10.2. The summed E-state index contributed by atoms with van der Waals surface area (Å²) in [5.74, 6) is 3.03. The van der Waals surface area contributed by atoms with Gasteiger partial charge in [0, 0.05) is 13.1 Å². The highest BCUT2D eigenvalue weighted by Crippen LogP contribution is 2.59. The maximum absolute atomic E-state index is 10.3. The second-order valence-corrected chi connectivity index (χ2v) is 7.97.